The molecule has 0 fully saturated rings. The third kappa shape index (κ3) is 4.50. The summed E-state index contributed by atoms with van der Waals surface area (Å²) in [6.07, 6.45) is 3.62. The number of carbonyl (C=O) groups is 1. The summed E-state index contributed by atoms with van der Waals surface area (Å²) in [7, 11) is 1.85. The van der Waals surface area contributed by atoms with Crippen LogP contribution in [0, 0.1) is 0 Å². The fourth-order valence-corrected chi connectivity index (χ4v) is 4.49. The maximum Gasteiger partial charge on any atom is 0.230 e. The number of nitrogens with one attached hydrogen (secondary N) is 1. The average Bonchev–Trinajstić information content (AvgIpc) is 3.30. The van der Waals surface area contributed by atoms with E-state index in [0.717, 1.165) is 32.4 Å². The number of aromatic nitrogens is 5. The van der Waals surface area contributed by atoms with E-state index in [0.29, 0.717) is 12.3 Å². The van der Waals surface area contributed by atoms with Crippen LogP contribution in [0.5, 0.6) is 0 Å². The van der Waals surface area contributed by atoms with Crippen LogP contribution in [0.3, 0.4) is 0 Å². The van der Waals surface area contributed by atoms with Crippen molar-refractivity contribution in [1.82, 2.24) is 29.9 Å². The first-order valence-electron chi connectivity index (χ1n) is 7.61. The minimum absolute atomic E-state index is 0.0417. The van der Waals surface area contributed by atoms with Gasteiger partial charge in [-0.25, -0.2) is 0 Å². The summed E-state index contributed by atoms with van der Waals surface area (Å²) in [5.41, 5.74) is 0.975. The highest BCUT2D eigenvalue weighted by Gasteiger charge is 2.15. The van der Waals surface area contributed by atoms with Crippen LogP contribution in [0.15, 0.2) is 33.5 Å². The number of thioether (sulfide) groups is 1. The number of thiophene rings is 1. The zero-order valence-corrected chi connectivity index (χ0v) is 17.0. The number of rotatable bonds is 7. The number of halogens is 1. The van der Waals surface area contributed by atoms with Crippen molar-refractivity contribution >= 4 is 44.9 Å². The van der Waals surface area contributed by atoms with Gasteiger partial charge >= 0.3 is 0 Å². The molecule has 0 unspecified atom stereocenters. The molecule has 10 heteroatoms. The number of amides is 1. The van der Waals surface area contributed by atoms with Gasteiger partial charge in [-0.1, -0.05) is 11.8 Å². The van der Waals surface area contributed by atoms with Gasteiger partial charge in [0.1, 0.15) is 0 Å². The monoisotopic (exact) mass is 440 g/mol. The lowest BCUT2D eigenvalue weighted by Crippen LogP contribution is -2.24. The maximum atomic E-state index is 12.1. The summed E-state index contributed by atoms with van der Waals surface area (Å²) < 4.78 is 4.77. The zero-order valence-electron chi connectivity index (χ0n) is 13.8. The number of nitrogens with zero attached hydrogens (tertiary/aromatic N) is 5. The topological polar surface area (TPSA) is 77.6 Å². The quantitative estimate of drug-likeness (QED) is 0.571. The lowest BCUT2D eigenvalue weighted by molar-refractivity contribution is -0.118. The summed E-state index contributed by atoms with van der Waals surface area (Å²) in [4.78, 5) is 13.1. The minimum atomic E-state index is -0.0417. The highest BCUT2D eigenvalue weighted by Crippen LogP contribution is 2.30. The van der Waals surface area contributed by atoms with E-state index < -0.39 is 0 Å². The molecule has 1 amide bonds. The van der Waals surface area contributed by atoms with Gasteiger partial charge in [-0.3, -0.25) is 9.48 Å². The van der Waals surface area contributed by atoms with E-state index >= 15 is 0 Å². The fourth-order valence-electron chi connectivity index (χ4n) is 2.24. The molecule has 0 aliphatic rings. The summed E-state index contributed by atoms with van der Waals surface area (Å²) in [6.45, 7) is 3.27. The van der Waals surface area contributed by atoms with Crippen LogP contribution >= 0.6 is 39.0 Å². The third-order valence-corrected chi connectivity index (χ3v) is 6.06. The number of carbonyl (C=O) groups excluding carboxylic acids is 1. The Morgan fingerprint density at radius 1 is 1.44 bits per heavy atom. The Balaban J connectivity index is 1.59. The maximum absolute atomic E-state index is 12.1. The molecule has 3 aromatic heterocycles. The first-order chi connectivity index (χ1) is 12.1. The smallest absolute Gasteiger partial charge is 0.230 e. The predicted molar refractivity (Wildman–Crippen MR) is 102 cm³/mol. The van der Waals surface area contributed by atoms with Crippen LogP contribution < -0.4 is 5.32 Å². The Bertz CT molecular complexity index is 871. The summed E-state index contributed by atoms with van der Waals surface area (Å²) in [6, 6.07) is 2.02. The predicted octanol–water partition coefficient (Wildman–Crippen LogP) is 2.93. The van der Waals surface area contributed by atoms with Gasteiger partial charge in [0.15, 0.2) is 11.0 Å². The van der Waals surface area contributed by atoms with Gasteiger partial charge in [-0.15, -0.1) is 21.5 Å². The molecule has 0 saturated heterocycles. The molecule has 0 saturated carbocycles. The van der Waals surface area contributed by atoms with Crippen molar-refractivity contribution in [2.45, 2.75) is 25.2 Å². The van der Waals surface area contributed by atoms with Crippen molar-refractivity contribution < 1.29 is 4.79 Å². The van der Waals surface area contributed by atoms with Crippen molar-refractivity contribution in [2.24, 2.45) is 7.05 Å². The van der Waals surface area contributed by atoms with Crippen LogP contribution in [0.1, 0.15) is 12.5 Å². The Kier molecular flexibility index (Phi) is 5.92. The van der Waals surface area contributed by atoms with E-state index in [9.17, 15) is 4.79 Å². The lowest BCUT2D eigenvalue weighted by atomic mass is 10.3. The van der Waals surface area contributed by atoms with Gasteiger partial charge in [0, 0.05) is 41.8 Å². The lowest BCUT2D eigenvalue weighted by Gasteiger charge is -2.06. The Labute approximate surface area is 162 Å². The van der Waals surface area contributed by atoms with Crippen molar-refractivity contribution in [3.05, 3.63) is 33.9 Å². The van der Waals surface area contributed by atoms with Gasteiger partial charge in [0.05, 0.1) is 16.8 Å². The minimum Gasteiger partial charge on any atom is -0.351 e. The van der Waals surface area contributed by atoms with E-state index in [1.54, 1.807) is 22.2 Å². The van der Waals surface area contributed by atoms with E-state index in [1.165, 1.54) is 11.8 Å². The molecule has 0 aliphatic heterocycles. The zero-order chi connectivity index (χ0) is 17.8. The molecule has 3 rings (SSSR count). The standard InChI is InChI=1S/C15H17BrN6OS2/c1-3-22-14(12-4-11(16)8-24-12)19-20-15(22)25-9-13(23)17-5-10-6-18-21(2)7-10/h4,6-8H,3,5,9H2,1-2H3,(H,17,23). The van der Waals surface area contributed by atoms with Gasteiger partial charge in [-0.05, 0) is 28.9 Å². The van der Waals surface area contributed by atoms with Gasteiger partial charge in [0.2, 0.25) is 5.91 Å². The van der Waals surface area contributed by atoms with Crippen molar-refractivity contribution in [2.75, 3.05) is 5.75 Å². The molecule has 0 aromatic carbocycles. The number of hydrogen-bond acceptors (Lipinski definition) is 6. The first-order valence-corrected chi connectivity index (χ1v) is 10.3. The molecule has 132 valence electrons. The van der Waals surface area contributed by atoms with Crippen molar-refractivity contribution in [1.29, 1.82) is 0 Å². The van der Waals surface area contributed by atoms with Crippen molar-refractivity contribution in [3.8, 4) is 10.7 Å². The molecular weight excluding hydrogens is 424 g/mol. The van der Waals surface area contributed by atoms with Gasteiger partial charge < -0.3 is 9.88 Å². The fraction of sp³-hybridized carbons (Fsp3) is 0.333. The second kappa shape index (κ2) is 8.15. The van der Waals surface area contributed by atoms with Crippen LogP contribution in [0.25, 0.3) is 10.7 Å². The molecule has 0 atom stereocenters. The second-order valence-electron chi connectivity index (χ2n) is 5.27. The van der Waals surface area contributed by atoms with Crippen molar-refractivity contribution in [3.63, 3.8) is 0 Å². The van der Waals surface area contributed by atoms with Crippen LogP contribution in [-0.2, 0) is 24.9 Å². The molecule has 25 heavy (non-hydrogen) atoms. The molecule has 0 spiro atoms. The van der Waals surface area contributed by atoms with E-state index in [2.05, 4.69) is 36.5 Å². The number of aryl methyl sites for hydroxylation is 1. The highest BCUT2D eigenvalue weighted by atomic mass is 79.9. The molecule has 0 aliphatic carbocycles. The van der Waals surface area contributed by atoms with E-state index in [1.807, 2.05) is 36.2 Å². The summed E-state index contributed by atoms with van der Waals surface area (Å²) in [5, 5.41) is 18.3. The second-order valence-corrected chi connectivity index (χ2v) is 8.04. The Morgan fingerprint density at radius 2 is 2.28 bits per heavy atom. The van der Waals surface area contributed by atoms with E-state index in [-0.39, 0.29) is 5.91 Å². The van der Waals surface area contributed by atoms with Crippen LogP contribution in [-0.4, -0.2) is 36.2 Å². The molecule has 0 radical (unpaired) electrons. The third-order valence-electron chi connectivity index (χ3n) is 3.40. The molecule has 7 nitrogen and oxygen atoms in total. The first kappa shape index (κ1) is 18.2. The molecule has 1 N–H and O–H groups in total. The van der Waals surface area contributed by atoms with Gasteiger partial charge in [0.25, 0.3) is 0 Å². The van der Waals surface area contributed by atoms with Crippen LogP contribution in [0.4, 0.5) is 0 Å². The van der Waals surface area contributed by atoms with E-state index in [4.69, 9.17) is 0 Å². The largest absolute Gasteiger partial charge is 0.351 e. The summed E-state index contributed by atoms with van der Waals surface area (Å²) in [5.74, 6) is 1.09. The Hall–Kier alpha value is -1.65. The van der Waals surface area contributed by atoms with Crippen LogP contribution in [0.2, 0.25) is 0 Å². The molecule has 0 bridgehead atoms. The average molecular weight is 441 g/mol. The molecular formula is C15H17BrN6OS2. The summed E-state index contributed by atoms with van der Waals surface area (Å²) >= 11 is 6.46. The molecule has 3 aromatic rings. The van der Waals surface area contributed by atoms with Gasteiger partial charge in [-0.2, -0.15) is 5.10 Å². The Morgan fingerprint density at radius 3 is 2.92 bits per heavy atom. The number of hydrogen-bond donors (Lipinski definition) is 1. The highest BCUT2D eigenvalue weighted by molar-refractivity contribution is 9.10. The molecule has 3 heterocycles. The normalized spacial score (nSPS) is 11.0. The SMILES string of the molecule is CCn1c(SCC(=O)NCc2cnn(C)c2)nnc1-c1cc(Br)cs1.